The first-order valence-corrected chi connectivity index (χ1v) is 9.91. The molecule has 5 nitrogen and oxygen atoms in total. The molecule has 0 aromatic heterocycles. The molecule has 2 aromatic rings. The number of nitrogens with zero attached hydrogens (tertiary/aromatic N) is 1. The molecule has 0 radical (unpaired) electrons. The van der Waals surface area contributed by atoms with Crippen molar-refractivity contribution in [3.8, 4) is 0 Å². The van der Waals surface area contributed by atoms with Gasteiger partial charge in [-0.2, -0.15) is 0 Å². The summed E-state index contributed by atoms with van der Waals surface area (Å²) >= 11 is 0. The van der Waals surface area contributed by atoms with Gasteiger partial charge in [0.15, 0.2) is 0 Å². The second kappa shape index (κ2) is 9.51. The van der Waals surface area contributed by atoms with Gasteiger partial charge in [-0.3, -0.25) is 9.59 Å². The Morgan fingerprint density at radius 2 is 1.82 bits per heavy atom. The van der Waals surface area contributed by atoms with E-state index in [9.17, 15) is 9.59 Å². The van der Waals surface area contributed by atoms with Gasteiger partial charge in [-0.25, -0.2) is 0 Å². The number of hydrogen-bond acceptors (Lipinski definition) is 3. The van der Waals surface area contributed by atoms with Crippen molar-refractivity contribution >= 4 is 11.8 Å². The van der Waals surface area contributed by atoms with Crippen LogP contribution in [0, 0.1) is 12.8 Å². The fourth-order valence-electron chi connectivity index (χ4n) is 3.70. The van der Waals surface area contributed by atoms with Gasteiger partial charge in [0.1, 0.15) is 0 Å². The number of rotatable bonds is 7. The molecule has 1 heterocycles. The zero-order chi connectivity index (χ0) is 19.9. The third-order valence-corrected chi connectivity index (χ3v) is 5.33. The number of carbonyl (C=O) groups is 2. The molecular formula is C23H29N3O2. The van der Waals surface area contributed by atoms with Crippen molar-refractivity contribution in [1.29, 1.82) is 0 Å². The highest BCUT2D eigenvalue weighted by molar-refractivity contribution is 5.94. The first-order chi connectivity index (χ1) is 13.6. The summed E-state index contributed by atoms with van der Waals surface area (Å²) in [6.07, 6.45) is 1.30. The van der Waals surface area contributed by atoms with Crippen LogP contribution in [0.2, 0.25) is 0 Å². The van der Waals surface area contributed by atoms with Gasteiger partial charge in [0, 0.05) is 18.7 Å². The van der Waals surface area contributed by atoms with Crippen LogP contribution in [-0.2, 0) is 4.79 Å². The molecule has 1 aliphatic heterocycles. The molecule has 1 aliphatic rings. The topological polar surface area (TPSA) is 61.4 Å². The van der Waals surface area contributed by atoms with Crippen molar-refractivity contribution < 1.29 is 9.59 Å². The van der Waals surface area contributed by atoms with Gasteiger partial charge in [0.2, 0.25) is 5.91 Å². The van der Waals surface area contributed by atoms with Crippen molar-refractivity contribution in [2.75, 3.05) is 26.7 Å². The molecule has 1 fully saturated rings. The molecule has 0 aliphatic carbocycles. The van der Waals surface area contributed by atoms with E-state index in [1.54, 1.807) is 0 Å². The van der Waals surface area contributed by atoms with Crippen LogP contribution in [0.1, 0.15) is 40.4 Å². The van der Waals surface area contributed by atoms with E-state index in [4.69, 9.17) is 0 Å². The minimum atomic E-state index is -0.342. The Morgan fingerprint density at radius 1 is 1.11 bits per heavy atom. The summed E-state index contributed by atoms with van der Waals surface area (Å²) in [4.78, 5) is 27.6. The van der Waals surface area contributed by atoms with Crippen LogP contribution in [-0.4, -0.2) is 43.4 Å². The van der Waals surface area contributed by atoms with Gasteiger partial charge in [0.05, 0.1) is 12.5 Å². The molecule has 2 amide bonds. The Balaban J connectivity index is 1.70. The zero-order valence-electron chi connectivity index (χ0n) is 16.7. The molecule has 2 atom stereocenters. The Morgan fingerprint density at radius 3 is 2.50 bits per heavy atom. The predicted molar refractivity (Wildman–Crippen MR) is 111 cm³/mol. The normalized spacial score (nSPS) is 17.4. The lowest BCUT2D eigenvalue weighted by atomic mass is 10.0. The van der Waals surface area contributed by atoms with Gasteiger partial charge in [-0.1, -0.05) is 48.0 Å². The average Bonchev–Trinajstić information content (AvgIpc) is 3.18. The number of aryl methyl sites for hydroxylation is 1. The van der Waals surface area contributed by atoms with Gasteiger partial charge in [-0.15, -0.1) is 0 Å². The highest BCUT2D eigenvalue weighted by Gasteiger charge is 2.28. The van der Waals surface area contributed by atoms with Gasteiger partial charge in [-0.05, 0) is 50.6 Å². The van der Waals surface area contributed by atoms with Crippen LogP contribution < -0.4 is 10.6 Å². The lowest BCUT2D eigenvalue weighted by Gasteiger charge is -2.23. The van der Waals surface area contributed by atoms with Gasteiger partial charge < -0.3 is 15.5 Å². The van der Waals surface area contributed by atoms with Crippen molar-refractivity contribution in [2.45, 2.75) is 25.8 Å². The second-order valence-corrected chi connectivity index (χ2v) is 7.56. The molecule has 5 heteroatoms. The van der Waals surface area contributed by atoms with E-state index in [1.807, 2.05) is 73.5 Å². The summed E-state index contributed by atoms with van der Waals surface area (Å²) in [5.74, 6) is 0.444. The molecule has 0 bridgehead atoms. The average molecular weight is 380 g/mol. The minimum Gasteiger partial charge on any atom is -0.345 e. The maximum atomic E-state index is 12.9. The maximum absolute atomic E-state index is 12.9. The summed E-state index contributed by atoms with van der Waals surface area (Å²) < 4.78 is 0. The molecule has 148 valence electrons. The predicted octanol–water partition coefficient (Wildman–Crippen LogP) is 2.92. The van der Waals surface area contributed by atoms with E-state index in [0.29, 0.717) is 11.5 Å². The van der Waals surface area contributed by atoms with Crippen LogP contribution in [0.4, 0.5) is 0 Å². The summed E-state index contributed by atoms with van der Waals surface area (Å²) in [6, 6.07) is 16.9. The van der Waals surface area contributed by atoms with E-state index >= 15 is 0 Å². The quantitative estimate of drug-likeness (QED) is 0.778. The highest BCUT2D eigenvalue weighted by Crippen LogP contribution is 2.22. The molecule has 28 heavy (non-hydrogen) atoms. The Labute approximate surface area is 167 Å². The third-order valence-electron chi connectivity index (χ3n) is 5.33. The number of carbonyl (C=O) groups excluding carboxylic acids is 2. The lowest BCUT2D eigenvalue weighted by molar-refractivity contribution is -0.130. The Kier molecular flexibility index (Phi) is 6.82. The number of amides is 2. The van der Waals surface area contributed by atoms with Crippen LogP contribution in [0.3, 0.4) is 0 Å². The number of hydrogen-bond donors (Lipinski definition) is 2. The second-order valence-electron chi connectivity index (χ2n) is 7.56. The summed E-state index contributed by atoms with van der Waals surface area (Å²) in [6.45, 7) is 4.49. The molecular weight excluding hydrogens is 350 g/mol. The molecule has 1 saturated heterocycles. The number of benzene rings is 2. The SMILES string of the molecule is CNCC1CCN(C(=O)CC(NC(=O)c2ccc(C)cc2)c2ccccc2)C1. The van der Waals surface area contributed by atoms with E-state index in [2.05, 4.69) is 10.6 Å². The summed E-state index contributed by atoms with van der Waals surface area (Å²) in [5, 5.41) is 6.25. The van der Waals surface area contributed by atoms with Crippen molar-refractivity contribution in [3.05, 3.63) is 71.3 Å². The molecule has 2 unspecified atom stereocenters. The molecule has 0 saturated carbocycles. The first kappa shape index (κ1) is 20.1. The fourth-order valence-corrected chi connectivity index (χ4v) is 3.70. The fraction of sp³-hybridized carbons (Fsp3) is 0.391. The first-order valence-electron chi connectivity index (χ1n) is 9.91. The molecule has 3 rings (SSSR count). The van der Waals surface area contributed by atoms with E-state index in [-0.39, 0.29) is 24.3 Å². The highest BCUT2D eigenvalue weighted by atomic mass is 16.2. The molecule has 2 aromatic carbocycles. The summed E-state index contributed by atoms with van der Waals surface area (Å²) in [7, 11) is 1.94. The van der Waals surface area contributed by atoms with E-state index in [0.717, 1.165) is 37.2 Å². The monoisotopic (exact) mass is 379 g/mol. The van der Waals surface area contributed by atoms with Crippen LogP contribution in [0.5, 0.6) is 0 Å². The van der Waals surface area contributed by atoms with Crippen molar-refractivity contribution in [3.63, 3.8) is 0 Å². The lowest BCUT2D eigenvalue weighted by Crippen LogP contribution is -2.36. The smallest absolute Gasteiger partial charge is 0.251 e. The van der Waals surface area contributed by atoms with E-state index < -0.39 is 0 Å². The zero-order valence-corrected chi connectivity index (χ0v) is 16.7. The van der Waals surface area contributed by atoms with Crippen molar-refractivity contribution in [2.24, 2.45) is 5.92 Å². The van der Waals surface area contributed by atoms with Crippen LogP contribution in [0.25, 0.3) is 0 Å². The van der Waals surface area contributed by atoms with Gasteiger partial charge in [0.25, 0.3) is 5.91 Å². The van der Waals surface area contributed by atoms with Gasteiger partial charge >= 0.3 is 0 Å². The van der Waals surface area contributed by atoms with Crippen LogP contribution >= 0.6 is 0 Å². The molecule has 2 N–H and O–H groups in total. The largest absolute Gasteiger partial charge is 0.345 e. The third kappa shape index (κ3) is 5.20. The number of nitrogens with one attached hydrogen (secondary N) is 2. The molecule has 0 spiro atoms. The minimum absolute atomic E-state index is 0.0941. The summed E-state index contributed by atoms with van der Waals surface area (Å²) in [5.41, 5.74) is 2.66. The Bertz CT molecular complexity index is 789. The maximum Gasteiger partial charge on any atom is 0.251 e. The standard InChI is InChI=1S/C23H29N3O2/c1-17-8-10-20(11-9-17)23(28)25-21(19-6-4-3-5-7-19)14-22(27)26-13-12-18(16-26)15-24-2/h3-11,18,21,24H,12-16H2,1-2H3,(H,25,28). The van der Waals surface area contributed by atoms with E-state index in [1.165, 1.54) is 0 Å². The Hall–Kier alpha value is -2.66. The number of likely N-dealkylation sites (tertiary alicyclic amines) is 1. The van der Waals surface area contributed by atoms with Crippen molar-refractivity contribution in [1.82, 2.24) is 15.5 Å². The van der Waals surface area contributed by atoms with Crippen LogP contribution in [0.15, 0.2) is 54.6 Å².